The van der Waals surface area contributed by atoms with Crippen molar-refractivity contribution in [2.75, 3.05) is 11.4 Å². The highest BCUT2D eigenvalue weighted by molar-refractivity contribution is 5.99. The van der Waals surface area contributed by atoms with Crippen molar-refractivity contribution in [3.8, 4) is 0 Å². The van der Waals surface area contributed by atoms with E-state index in [4.69, 9.17) is 5.11 Å². The van der Waals surface area contributed by atoms with E-state index in [2.05, 4.69) is 4.98 Å². The minimum absolute atomic E-state index is 0.0726. The van der Waals surface area contributed by atoms with Crippen LogP contribution in [0.25, 0.3) is 0 Å². The van der Waals surface area contributed by atoms with Gasteiger partial charge in [0.2, 0.25) is 5.91 Å². The topological polar surface area (TPSA) is 70.5 Å². The second-order valence-electron chi connectivity index (χ2n) is 3.90. The number of hydrogen-bond acceptors (Lipinski definition) is 3. The predicted octanol–water partition coefficient (Wildman–Crippen LogP) is 0.828. The fraction of sp³-hybridized carbons (Fsp3) is 0.364. The van der Waals surface area contributed by atoms with Gasteiger partial charge in [-0.05, 0) is 19.1 Å². The molecule has 1 aliphatic rings. The molecule has 1 aromatic heterocycles. The maximum Gasteiger partial charge on any atom is 0.308 e. The molecule has 0 radical (unpaired) electrons. The van der Waals surface area contributed by atoms with Crippen LogP contribution in [-0.2, 0) is 9.59 Å². The van der Waals surface area contributed by atoms with E-state index < -0.39 is 11.9 Å². The molecule has 1 N–H and O–H groups in total. The second-order valence-corrected chi connectivity index (χ2v) is 3.90. The average molecular weight is 220 g/mol. The molecule has 1 atom stereocenters. The Hall–Kier alpha value is -1.91. The highest BCUT2D eigenvalue weighted by Crippen LogP contribution is 2.24. The smallest absolute Gasteiger partial charge is 0.308 e. The molecule has 0 saturated carbocycles. The summed E-state index contributed by atoms with van der Waals surface area (Å²) in [6, 6.07) is 3.58. The Labute approximate surface area is 92.7 Å². The third-order valence-electron chi connectivity index (χ3n) is 2.68. The number of rotatable bonds is 2. The number of carboxylic acids is 1. The van der Waals surface area contributed by atoms with Gasteiger partial charge in [0.25, 0.3) is 0 Å². The molecule has 2 heterocycles. The van der Waals surface area contributed by atoms with Crippen molar-refractivity contribution < 1.29 is 14.7 Å². The van der Waals surface area contributed by atoms with Gasteiger partial charge in [-0.25, -0.2) is 0 Å². The lowest BCUT2D eigenvalue weighted by molar-refractivity contribution is -0.141. The van der Waals surface area contributed by atoms with Crippen molar-refractivity contribution in [3.63, 3.8) is 0 Å². The quantitative estimate of drug-likeness (QED) is 0.801. The highest BCUT2D eigenvalue weighted by atomic mass is 16.4. The molecule has 0 aliphatic carbocycles. The predicted molar refractivity (Wildman–Crippen MR) is 57.1 cm³/mol. The van der Waals surface area contributed by atoms with Gasteiger partial charge in [0.15, 0.2) is 0 Å². The number of anilines is 1. The van der Waals surface area contributed by atoms with Crippen molar-refractivity contribution in [2.45, 2.75) is 13.3 Å². The van der Waals surface area contributed by atoms with Gasteiger partial charge in [-0.1, -0.05) is 0 Å². The van der Waals surface area contributed by atoms with Crippen LogP contribution in [0.15, 0.2) is 18.3 Å². The van der Waals surface area contributed by atoms with Gasteiger partial charge >= 0.3 is 5.97 Å². The number of aryl methyl sites for hydroxylation is 1. The summed E-state index contributed by atoms with van der Waals surface area (Å²) in [5, 5.41) is 8.85. The minimum Gasteiger partial charge on any atom is -0.481 e. The molecule has 0 spiro atoms. The van der Waals surface area contributed by atoms with Crippen LogP contribution in [0.2, 0.25) is 0 Å². The normalized spacial score (nSPS) is 20.2. The first-order valence-electron chi connectivity index (χ1n) is 5.04. The molecule has 84 valence electrons. The lowest BCUT2D eigenvalue weighted by atomic mass is 10.1. The van der Waals surface area contributed by atoms with Crippen molar-refractivity contribution in [1.29, 1.82) is 0 Å². The summed E-state index contributed by atoms with van der Waals surface area (Å²) in [6.45, 7) is 2.09. The molecule has 1 aliphatic heterocycles. The summed E-state index contributed by atoms with van der Waals surface area (Å²) < 4.78 is 0. The van der Waals surface area contributed by atoms with E-state index in [1.165, 1.54) is 4.90 Å². The number of amides is 1. The Morgan fingerprint density at radius 3 is 2.81 bits per heavy atom. The van der Waals surface area contributed by atoms with Crippen molar-refractivity contribution in [2.24, 2.45) is 5.92 Å². The number of carbonyl (C=O) groups is 2. The zero-order valence-corrected chi connectivity index (χ0v) is 8.88. The van der Waals surface area contributed by atoms with Gasteiger partial charge in [0.1, 0.15) is 0 Å². The Morgan fingerprint density at radius 1 is 1.56 bits per heavy atom. The van der Waals surface area contributed by atoms with Crippen LogP contribution in [-0.4, -0.2) is 28.5 Å². The fourth-order valence-electron chi connectivity index (χ4n) is 1.74. The summed E-state index contributed by atoms with van der Waals surface area (Å²) >= 11 is 0. The molecule has 5 nitrogen and oxygen atoms in total. The van der Waals surface area contributed by atoms with Crippen LogP contribution >= 0.6 is 0 Å². The summed E-state index contributed by atoms with van der Waals surface area (Å²) in [5.41, 5.74) is 1.53. The van der Waals surface area contributed by atoms with Crippen molar-refractivity contribution in [3.05, 3.63) is 24.0 Å². The molecule has 5 heteroatoms. The van der Waals surface area contributed by atoms with E-state index in [1.807, 2.05) is 6.92 Å². The average Bonchev–Trinajstić information content (AvgIpc) is 2.62. The number of hydrogen-bond donors (Lipinski definition) is 1. The van der Waals surface area contributed by atoms with Crippen molar-refractivity contribution in [1.82, 2.24) is 4.98 Å². The molecule has 1 fully saturated rings. The van der Waals surface area contributed by atoms with Crippen molar-refractivity contribution >= 4 is 17.6 Å². The fourth-order valence-corrected chi connectivity index (χ4v) is 1.74. The molecule has 16 heavy (non-hydrogen) atoms. The minimum atomic E-state index is -0.920. The maximum absolute atomic E-state index is 11.6. The molecule has 1 aromatic rings. The second kappa shape index (κ2) is 3.92. The van der Waals surface area contributed by atoms with E-state index in [1.54, 1.807) is 18.3 Å². The van der Waals surface area contributed by atoms with Crippen LogP contribution in [0.4, 0.5) is 5.69 Å². The Bertz CT molecular complexity index is 427. The lowest BCUT2D eigenvalue weighted by Gasteiger charge is -2.15. The van der Waals surface area contributed by atoms with Crippen LogP contribution < -0.4 is 4.90 Å². The zero-order chi connectivity index (χ0) is 11.7. The summed E-state index contributed by atoms with van der Waals surface area (Å²) in [7, 11) is 0. The van der Waals surface area contributed by atoms with Crippen LogP contribution in [0.3, 0.4) is 0 Å². The number of aliphatic carboxylic acids is 1. The molecule has 0 aromatic carbocycles. The molecule has 1 amide bonds. The SMILES string of the molecule is Cc1ccc(N2C[C@H](C(=O)O)CC2=O)cn1. The number of carboxylic acid groups (broad SMARTS) is 1. The summed E-state index contributed by atoms with van der Waals surface area (Å²) in [5.74, 6) is -1.68. The summed E-state index contributed by atoms with van der Waals surface area (Å²) in [6.07, 6.45) is 1.67. The third-order valence-corrected chi connectivity index (χ3v) is 2.68. The van der Waals surface area contributed by atoms with Gasteiger partial charge in [-0.3, -0.25) is 14.6 Å². The maximum atomic E-state index is 11.6. The van der Waals surface area contributed by atoms with E-state index in [0.29, 0.717) is 5.69 Å². The first-order valence-corrected chi connectivity index (χ1v) is 5.04. The Morgan fingerprint density at radius 2 is 2.31 bits per heavy atom. The molecule has 0 unspecified atom stereocenters. The van der Waals surface area contributed by atoms with Gasteiger partial charge in [-0.15, -0.1) is 0 Å². The van der Waals surface area contributed by atoms with E-state index in [0.717, 1.165) is 5.69 Å². The number of nitrogens with zero attached hydrogens (tertiary/aromatic N) is 2. The molecular weight excluding hydrogens is 208 g/mol. The summed E-state index contributed by atoms with van der Waals surface area (Å²) in [4.78, 5) is 28.0. The van der Waals surface area contributed by atoms with Gasteiger partial charge < -0.3 is 10.0 Å². The third kappa shape index (κ3) is 1.88. The molecule has 0 bridgehead atoms. The first kappa shape index (κ1) is 10.6. The van der Waals surface area contributed by atoms with Crippen LogP contribution in [0, 0.1) is 12.8 Å². The number of carbonyl (C=O) groups excluding carboxylic acids is 1. The number of aromatic nitrogens is 1. The van der Waals surface area contributed by atoms with Gasteiger partial charge in [-0.2, -0.15) is 0 Å². The molecule has 2 rings (SSSR count). The standard InChI is InChI=1S/C11H12N2O3/c1-7-2-3-9(5-12-7)13-6-8(11(15)16)4-10(13)14/h2-3,5,8H,4,6H2,1H3,(H,15,16)/t8-/m1/s1. The monoisotopic (exact) mass is 220 g/mol. The lowest BCUT2D eigenvalue weighted by Crippen LogP contribution is -2.25. The Kier molecular flexibility index (Phi) is 2.60. The molecule has 1 saturated heterocycles. The van der Waals surface area contributed by atoms with E-state index in [9.17, 15) is 9.59 Å². The first-order chi connectivity index (χ1) is 7.58. The van der Waals surface area contributed by atoms with E-state index in [-0.39, 0.29) is 18.9 Å². The van der Waals surface area contributed by atoms with Crippen LogP contribution in [0.1, 0.15) is 12.1 Å². The van der Waals surface area contributed by atoms with E-state index >= 15 is 0 Å². The zero-order valence-electron chi connectivity index (χ0n) is 8.88. The van der Waals surface area contributed by atoms with Crippen LogP contribution in [0.5, 0.6) is 0 Å². The highest BCUT2D eigenvalue weighted by Gasteiger charge is 2.35. The molecular formula is C11H12N2O3. The Balaban J connectivity index is 2.20. The largest absolute Gasteiger partial charge is 0.481 e. The number of pyridine rings is 1. The van der Waals surface area contributed by atoms with Gasteiger partial charge in [0.05, 0.1) is 17.8 Å². The van der Waals surface area contributed by atoms with Gasteiger partial charge in [0, 0.05) is 18.7 Å².